The van der Waals surface area contributed by atoms with Gasteiger partial charge in [0, 0.05) is 11.5 Å². The number of fused-ring (bicyclic) bond motifs is 3. The molecule has 1 aromatic heterocycles. The number of carbonyl (C=O) groups excluding carboxylic acids is 1. The summed E-state index contributed by atoms with van der Waals surface area (Å²) in [5.41, 5.74) is 0.728. The smallest absolute Gasteiger partial charge is 0.308 e. The molecule has 3 aromatic rings. The Hall–Kier alpha value is -3.75. The molecule has 2 aliphatic rings. The van der Waals surface area contributed by atoms with Crippen LogP contribution in [0.25, 0.3) is 10.9 Å². The molecule has 142 valence electrons. The highest BCUT2D eigenvalue weighted by Crippen LogP contribution is 2.42. The minimum absolute atomic E-state index is 0.0351. The summed E-state index contributed by atoms with van der Waals surface area (Å²) in [6.45, 7) is 0.928. The number of para-hydroxylation sites is 2. The number of hydrogen-bond acceptors (Lipinski definition) is 7. The maximum absolute atomic E-state index is 12.4. The van der Waals surface area contributed by atoms with E-state index in [9.17, 15) is 9.90 Å². The summed E-state index contributed by atoms with van der Waals surface area (Å²) < 4.78 is 22.2. The largest absolute Gasteiger partial charge is 0.493 e. The number of nitrogens with one attached hydrogen (secondary N) is 1. The van der Waals surface area contributed by atoms with E-state index in [1.807, 2.05) is 6.07 Å². The van der Waals surface area contributed by atoms with E-state index < -0.39 is 12.0 Å². The van der Waals surface area contributed by atoms with Gasteiger partial charge in [0.05, 0.1) is 5.52 Å². The van der Waals surface area contributed by atoms with E-state index in [1.54, 1.807) is 30.3 Å². The van der Waals surface area contributed by atoms with Crippen molar-refractivity contribution in [3.8, 4) is 28.9 Å². The number of aromatic amines is 1. The first-order valence-electron chi connectivity index (χ1n) is 8.67. The first kappa shape index (κ1) is 16.4. The number of rotatable bonds is 2. The second-order valence-electron chi connectivity index (χ2n) is 6.27. The monoisotopic (exact) mass is 381 g/mol. The van der Waals surface area contributed by atoms with Crippen molar-refractivity contribution in [2.45, 2.75) is 6.10 Å². The van der Waals surface area contributed by atoms with Crippen molar-refractivity contribution in [3.05, 3.63) is 36.4 Å². The Bertz CT molecular complexity index is 1110. The van der Waals surface area contributed by atoms with Gasteiger partial charge >= 0.3 is 5.91 Å². The molecule has 0 radical (unpaired) electrons. The Morgan fingerprint density at radius 2 is 1.79 bits per heavy atom. The van der Waals surface area contributed by atoms with Crippen LogP contribution in [0, 0.1) is 0 Å². The molecule has 2 aliphatic heterocycles. The Kier molecular flexibility index (Phi) is 3.78. The second kappa shape index (κ2) is 6.45. The number of benzene rings is 2. The number of aromatic hydroxyl groups is 1. The van der Waals surface area contributed by atoms with E-state index in [2.05, 4.69) is 15.2 Å². The van der Waals surface area contributed by atoms with Crippen molar-refractivity contribution < 1.29 is 28.8 Å². The molecule has 0 aliphatic carbocycles. The predicted octanol–water partition coefficient (Wildman–Crippen LogP) is 3.10. The lowest BCUT2D eigenvalue weighted by Crippen LogP contribution is -2.35. The second-order valence-corrected chi connectivity index (χ2v) is 6.27. The third-order valence-corrected chi connectivity index (χ3v) is 4.45. The van der Waals surface area contributed by atoms with Crippen LogP contribution in [0.2, 0.25) is 0 Å². The van der Waals surface area contributed by atoms with E-state index in [4.69, 9.17) is 18.9 Å². The maximum atomic E-state index is 12.4. The summed E-state index contributed by atoms with van der Waals surface area (Å²) in [5.74, 6) is 1.35. The van der Waals surface area contributed by atoms with E-state index in [1.165, 1.54) is 0 Å². The lowest BCUT2D eigenvalue weighted by Gasteiger charge is -2.23. The molecule has 0 fully saturated rings. The number of nitrogens with zero attached hydrogens (tertiary/aromatic N) is 2. The molecule has 0 bridgehead atoms. The van der Waals surface area contributed by atoms with Gasteiger partial charge in [0.25, 0.3) is 0 Å². The summed E-state index contributed by atoms with van der Waals surface area (Å²) >= 11 is 0. The highest BCUT2D eigenvalue weighted by Gasteiger charge is 2.27. The van der Waals surface area contributed by atoms with Crippen LogP contribution in [-0.4, -0.2) is 41.9 Å². The molecule has 28 heavy (non-hydrogen) atoms. The molecule has 2 N–H and O–H groups in total. The number of amides is 1. The maximum Gasteiger partial charge on any atom is 0.308 e. The van der Waals surface area contributed by atoms with Crippen LogP contribution in [0.1, 0.15) is 0 Å². The number of H-pyrrole nitrogens is 1. The molecule has 3 heterocycles. The van der Waals surface area contributed by atoms with Crippen molar-refractivity contribution in [1.29, 1.82) is 0 Å². The van der Waals surface area contributed by atoms with Gasteiger partial charge in [-0.25, -0.2) is 0 Å². The highest BCUT2D eigenvalue weighted by atomic mass is 16.6. The van der Waals surface area contributed by atoms with Gasteiger partial charge in [-0.1, -0.05) is 12.1 Å². The molecule has 0 spiro atoms. The zero-order valence-electron chi connectivity index (χ0n) is 14.5. The lowest BCUT2D eigenvalue weighted by molar-refractivity contribution is -0.127. The third-order valence-electron chi connectivity index (χ3n) is 4.45. The Morgan fingerprint density at radius 1 is 1.04 bits per heavy atom. The van der Waals surface area contributed by atoms with Crippen molar-refractivity contribution in [2.75, 3.05) is 19.8 Å². The first-order valence-corrected chi connectivity index (χ1v) is 8.67. The molecule has 9 nitrogen and oxygen atoms in total. The minimum Gasteiger partial charge on any atom is -0.493 e. The van der Waals surface area contributed by atoms with Crippen LogP contribution < -0.4 is 18.9 Å². The highest BCUT2D eigenvalue weighted by molar-refractivity contribution is 5.96. The zero-order valence-corrected chi connectivity index (χ0v) is 14.5. The molecule has 0 saturated carbocycles. The zero-order chi connectivity index (χ0) is 19.1. The number of ether oxygens (including phenoxy) is 4. The normalized spacial score (nSPS) is 17.8. The van der Waals surface area contributed by atoms with Gasteiger partial charge in [0.15, 0.2) is 28.7 Å². The van der Waals surface area contributed by atoms with Gasteiger partial charge in [-0.05, 0) is 18.2 Å². The van der Waals surface area contributed by atoms with E-state index in [0.717, 1.165) is 0 Å². The molecule has 1 atom stereocenters. The molecule has 1 amide bonds. The topological polar surface area (TPSA) is 115 Å². The van der Waals surface area contributed by atoms with Crippen LogP contribution in [0.4, 0.5) is 5.69 Å². The van der Waals surface area contributed by atoms with Crippen LogP contribution in [0.5, 0.6) is 28.9 Å². The Labute approximate surface area is 158 Å². The van der Waals surface area contributed by atoms with E-state index >= 15 is 0 Å². The summed E-state index contributed by atoms with van der Waals surface area (Å²) in [7, 11) is 0. The van der Waals surface area contributed by atoms with Crippen LogP contribution >= 0.6 is 0 Å². The first-order chi connectivity index (χ1) is 13.7. The molecule has 0 unspecified atom stereocenters. The summed E-state index contributed by atoms with van der Waals surface area (Å²) in [5, 5.41) is 18.4. The summed E-state index contributed by atoms with van der Waals surface area (Å²) in [6, 6.07) is 10.5. The van der Waals surface area contributed by atoms with Gasteiger partial charge in [0.2, 0.25) is 12.0 Å². The van der Waals surface area contributed by atoms with Crippen molar-refractivity contribution in [3.63, 3.8) is 0 Å². The van der Waals surface area contributed by atoms with Crippen LogP contribution in [0.15, 0.2) is 46.6 Å². The number of carbonyl (C=O) groups is 1. The molecule has 2 aromatic carbocycles. The van der Waals surface area contributed by atoms with Gasteiger partial charge in [-0.2, -0.15) is 0 Å². The molecule has 0 saturated heterocycles. The Balaban J connectivity index is 1.41. The van der Waals surface area contributed by atoms with Gasteiger partial charge in [-0.3, -0.25) is 4.79 Å². The SMILES string of the molecule is O=C(N=Nc1c(O)[nH]c2cc3c(cc12)OCCO3)[C@H]1COc2ccccc2O1. The van der Waals surface area contributed by atoms with Crippen LogP contribution in [-0.2, 0) is 4.79 Å². The summed E-state index contributed by atoms with van der Waals surface area (Å²) in [4.78, 5) is 15.2. The number of aromatic nitrogens is 1. The van der Waals surface area contributed by atoms with Crippen LogP contribution in [0.3, 0.4) is 0 Å². The van der Waals surface area contributed by atoms with Crippen molar-refractivity contribution in [2.24, 2.45) is 10.2 Å². The minimum atomic E-state index is -0.907. The molecule has 5 rings (SSSR count). The van der Waals surface area contributed by atoms with Crippen molar-refractivity contribution in [1.82, 2.24) is 4.98 Å². The van der Waals surface area contributed by atoms with Gasteiger partial charge < -0.3 is 29.0 Å². The Morgan fingerprint density at radius 3 is 2.61 bits per heavy atom. The number of hydrogen-bond donors (Lipinski definition) is 2. The fourth-order valence-electron chi connectivity index (χ4n) is 3.11. The van der Waals surface area contributed by atoms with E-state index in [0.29, 0.717) is 47.1 Å². The van der Waals surface area contributed by atoms with Gasteiger partial charge in [-0.15, -0.1) is 10.2 Å². The van der Waals surface area contributed by atoms with Gasteiger partial charge in [0.1, 0.15) is 19.8 Å². The molecular formula is C19H15N3O6. The molecular weight excluding hydrogens is 366 g/mol. The fraction of sp³-hybridized carbons (Fsp3) is 0.211. The third kappa shape index (κ3) is 2.77. The number of azo groups is 1. The summed E-state index contributed by atoms with van der Waals surface area (Å²) in [6.07, 6.45) is -0.907. The predicted molar refractivity (Wildman–Crippen MR) is 96.8 cm³/mol. The average molecular weight is 381 g/mol. The molecule has 9 heteroatoms. The average Bonchev–Trinajstić information content (AvgIpc) is 3.03. The quantitative estimate of drug-likeness (QED) is 0.659. The standard InChI is InChI=1S/C19H15N3O6/c23-18(16-9-27-12-3-1-2-4-13(12)28-16)22-21-17-10-7-14-15(26-6-5-25-14)8-11(10)20-19(17)24/h1-4,7-8,16,20,24H,5-6,9H2/t16-/m1/s1. The fourth-order valence-corrected chi connectivity index (χ4v) is 3.11. The van der Waals surface area contributed by atoms with E-state index in [-0.39, 0.29) is 18.2 Å². The lowest BCUT2D eigenvalue weighted by atomic mass is 10.2. The van der Waals surface area contributed by atoms with Crippen molar-refractivity contribution >= 4 is 22.5 Å².